The van der Waals surface area contributed by atoms with Gasteiger partial charge in [-0.15, -0.1) is 0 Å². The maximum absolute atomic E-state index is 9.95. The van der Waals surface area contributed by atoms with Crippen LogP contribution < -0.4 is 4.74 Å². The summed E-state index contributed by atoms with van der Waals surface area (Å²) in [6.07, 6.45) is 3.18. The first-order valence-electron chi connectivity index (χ1n) is 14.9. The lowest BCUT2D eigenvalue weighted by Gasteiger charge is -2.44. The van der Waals surface area contributed by atoms with E-state index in [1.54, 1.807) is 0 Å². The summed E-state index contributed by atoms with van der Waals surface area (Å²) in [5, 5.41) is 9.95. The summed E-state index contributed by atoms with van der Waals surface area (Å²) in [5.74, 6) is 1.49. The number of rotatable bonds is 15. The monoisotopic (exact) mass is 543 g/mol. The van der Waals surface area contributed by atoms with Crippen molar-refractivity contribution in [1.29, 1.82) is 0 Å². The zero-order valence-electron chi connectivity index (χ0n) is 26.3. The van der Waals surface area contributed by atoms with Gasteiger partial charge in [-0.3, -0.25) is 0 Å². The van der Waals surface area contributed by atoms with Crippen molar-refractivity contribution >= 4 is 0 Å². The minimum atomic E-state index is -0.0792. The Morgan fingerprint density at radius 2 is 1.23 bits per heavy atom. The van der Waals surface area contributed by atoms with E-state index in [1.807, 2.05) is 0 Å². The van der Waals surface area contributed by atoms with Crippen LogP contribution in [-0.4, -0.2) is 43.9 Å². The maximum atomic E-state index is 9.95. The average molecular weight is 544 g/mol. The normalized spacial score (nSPS) is 14.2. The first-order chi connectivity index (χ1) is 18.8. The number of nitrogens with zero attached hydrogens (tertiary/aromatic N) is 1. The predicted molar refractivity (Wildman–Crippen MR) is 170 cm³/mol. The molecule has 0 amide bonds. The predicted octanol–water partition coefficient (Wildman–Crippen LogP) is 8.78. The molecule has 40 heavy (non-hydrogen) atoms. The molecule has 0 radical (unpaired) electrons. The van der Waals surface area contributed by atoms with Crippen molar-refractivity contribution in [3.63, 3.8) is 0 Å². The molecule has 2 atom stereocenters. The molecular weight excluding hydrogens is 490 g/mol. The highest BCUT2D eigenvalue weighted by atomic mass is 16.5. The van der Waals surface area contributed by atoms with Gasteiger partial charge in [-0.05, 0) is 84.3 Å². The van der Waals surface area contributed by atoms with Crippen LogP contribution in [0.5, 0.6) is 5.75 Å². The molecule has 0 saturated carbocycles. The summed E-state index contributed by atoms with van der Waals surface area (Å²) in [6.45, 7) is 15.8. The Kier molecular flexibility index (Phi) is 11.0. The fraction of sp³-hybridized carbons (Fsp3) is 0.514. The van der Waals surface area contributed by atoms with Crippen molar-refractivity contribution in [2.45, 2.75) is 72.6 Å². The van der Waals surface area contributed by atoms with Crippen LogP contribution in [0.2, 0.25) is 0 Å². The third-order valence-electron chi connectivity index (χ3n) is 8.49. The SMILES string of the molecule is CN(C)CCOc1ccc(C(c2ccccc2)C(C)(C)C(CCC(C)(C)CC(C)(C)CO)c2ccccc2)cc1. The van der Waals surface area contributed by atoms with Crippen molar-refractivity contribution in [2.75, 3.05) is 33.9 Å². The number of hydrogen-bond acceptors (Lipinski definition) is 3. The zero-order chi connectivity index (χ0) is 29.4. The van der Waals surface area contributed by atoms with Gasteiger partial charge in [0.1, 0.15) is 12.4 Å². The van der Waals surface area contributed by atoms with E-state index in [0.29, 0.717) is 12.5 Å². The third-order valence-corrected chi connectivity index (χ3v) is 8.49. The lowest BCUT2D eigenvalue weighted by Crippen LogP contribution is -2.32. The number of aliphatic hydroxyl groups excluding tert-OH is 1. The highest BCUT2D eigenvalue weighted by Gasteiger charge is 2.41. The molecular formula is C37H53NO2. The van der Waals surface area contributed by atoms with Crippen LogP contribution in [0.3, 0.4) is 0 Å². The quantitative estimate of drug-likeness (QED) is 0.208. The van der Waals surface area contributed by atoms with Gasteiger partial charge in [-0.25, -0.2) is 0 Å². The molecule has 0 saturated heterocycles. The number of likely N-dealkylation sites (N-methyl/N-ethyl adjacent to an activating group) is 1. The van der Waals surface area contributed by atoms with Gasteiger partial charge in [0.15, 0.2) is 0 Å². The largest absolute Gasteiger partial charge is 0.492 e. The van der Waals surface area contributed by atoms with Gasteiger partial charge in [0.2, 0.25) is 0 Å². The second-order valence-corrected chi connectivity index (χ2v) is 14.1. The van der Waals surface area contributed by atoms with E-state index in [0.717, 1.165) is 31.6 Å². The van der Waals surface area contributed by atoms with Crippen LogP contribution >= 0.6 is 0 Å². The third kappa shape index (κ3) is 8.94. The van der Waals surface area contributed by atoms with Crippen molar-refractivity contribution in [2.24, 2.45) is 16.2 Å². The second-order valence-electron chi connectivity index (χ2n) is 14.1. The zero-order valence-corrected chi connectivity index (χ0v) is 26.3. The first-order valence-corrected chi connectivity index (χ1v) is 14.9. The minimum absolute atomic E-state index is 0.0709. The van der Waals surface area contributed by atoms with Gasteiger partial charge >= 0.3 is 0 Å². The Bertz CT molecular complexity index is 1130. The van der Waals surface area contributed by atoms with Crippen molar-refractivity contribution in [1.82, 2.24) is 4.90 Å². The number of hydrogen-bond donors (Lipinski definition) is 1. The molecule has 0 fully saturated rings. The molecule has 0 aliphatic carbocycles. The van der Waals surface area contributed by atoms with Crippen LogP contribution in [0, 0.1) is 16.2 Å². The van der Waals surface area contributed by atoms with Crippen LogP contribution in [0.15, 0.2) is 84.9 Å². The molecule has 1 N–H and O–H groups in total. The summed E-state index contributed by atoms with van der Waals surface area (Å²) in [4.78, 5) is 2.14. The molecule has 3 nitrogen and oxygen atoms in total. The Balaban J connectivity index is 1.98. The molecule has 2 unspecified atom stereocenters. The van der Waals surface area contributed by atoms with E-state index in [4.69, 9.17) is 4.74 Å². The van der Waals surface area contributed by atoms with Gasteiger partial charge in [0.05, 0.1) is 0 Å². The highest BCUT2D eigenvalue weighted by molar-refractivity contribution is 5.39. The molecule has 0 aliphatic rings. The van der Waals surface area contributed by atoms with Crippen molar-refractivity contribution in [3.05, 3.63) is 102 Å². The number of ether oxygens (including phenoxy) is 1. The maximum Gasteiger partial charge on any atom is 0.119 e. The molecule has 0 spiro atoms. The van der Waals surface area contributed by atoms with E-state index in [1.165, 1.54) is 16.7 Å². The summed E-state index contributed by atoms with van der Waals surface area (Å²) < 4.78 is 6.03. The van der Waals surface area contributed by atoms with Gasteiger partial charge in [-0.2, -0.15) is 0 Å². The molecule has 0 aromatic heterocycles. The van der Waals surface area contributed by atoms with E-state index in [9.17, 15) is 5.11 Å². The Morgan fingerprint density at radius 1 is 0.700 bits per heavy atom. The fourth-order valence-electron chi connectivity index (χ4n) is 6.63. The topological polar surface area (TPSA) is 32.7 Å². The molecule has 3 rings (SSSR count). The van der Waals surface area contributed by atoms with Crippen molar-refractivity contribution < 1.29 is 9.84 Å². The smallest absolute Gasteiger partial charge is 0.119 e. The summed E-state index contributed by atoms with van der Waals surface area (Å²) in [7, 11) is 4.13. The molecule has 0 aliphatic heterocycles. The Morgan fingerprint density at radius 3 is 1.75 bits per heavy atom. The first kappa shape index (κ1) is 31.9. The van der Waals surface area contributed by atoms with E-state index >= 15 is 0 Å². The number of aliphatic hydroxyl groups is 1. The van der Waals surface area contributed by atoms with Gasteiger partial charge < -0.3 is 14.7 Å². The van der Waals surface area contributed by atoms with Crippen molar-refractivity contribution in [3.8, 4) is 5.75 Å². The Labute approximate surface area is 244 Å². The number of benzene rings is 3. The highest BCUT2D eigenvalue weighted by Crippen LogP contribution is 2.53. The van der Waals surface area contributed by atoms with E-state index < -0.39 is 0 Å². The summed E-state index contributed by atoms with van der Waals surface area (Å²) in [6, 6.07) is 30.9. The van der Waals surface area contributed by atoms with Crippen LogP contribution in [0.4, 0.5) is 0 Å². The molecule has 3 aromatic rings. The second kappa shape index (κ2) is 13.8. The van der Waals surface area contributed by atoms with Crippen LogP contribution in [0.1, 0.15) is 89.3 Å². The standard InChI is InChI=1S/C37H53NO2/c1-35(2,27-36(3,4)28-39)24-23-33(29-15-11-9-12-16-29)37(5,6)34(30-17-13-10-14-18-30)31-19-21-32(22-20-31)40-26-25-38(7)8/h9-22,33-34,39H,23-28H2,1-8H3. The van der Waals surface area contributed by atoms with Gasteiger partial charge in [0.25, 0.3) is 0 Å². The summed E-state index contributed by atoms with van der Waals surface area (Å²) >= 11 is 0. The lowest BCUT2D eigenvalue weighted by atomic mass is 9.60. The minimum Gasteiger partial charge on any atom is -0.492 e. The molecule has 3 aromatic carbocycles. The molecule has 3 heteroatoms. The molecule has 0 heterocycles. The lowest BCUT2D eigenvalue weighted by molar-refractivity contribution is 0.0924. The molecule has 218 valence electrons. The molecule has 0 bridgehead atoms. The summed E-state index contributed by atoms with van der Waals surface area (Å²) in [5.41, 5.74) is 4.04. The van der Waals surface area contributed by atoms with Crippen LogP contribution in [-0.2, 0) is 0 Å². The van der Waals surface area contributed by atoms with Gasteiger partial charge in [0, 0.05) is 19.1 Å². The van der Waals surface area contributed by atoms with E-state index in [2.05, 4.69) is 145 Å². The fourth-order valence-corrected chi connectivity index (χ4v) is 6.63. The Hall–Kier alpha value is -2.62. The average Bonchev–Trinajstić information content (AvgIpc) is 2.90. The van der Waals surface area contributed by atoms with Crippen LogP contribution in [0.25, 0.3) is 0 Å². The van der Waals surface area contributed by atoms with Gasteiger partial charge in [-0.1, -0.05) is 114 Å². The van der Waals surface area contributed by atoms with E-state index in [-0.39, 0.29) is 28.8 Å².